The minimum atomic E-state index is -0.333. The van der Waals surface area contributed by atoms with Crippen molar-refractivity contribution in [1.82, 2.24) is 4.90 Å². The number of hydrogen-bond acceptors (Lipinski definition) is 2. The quantitative estimate of drug-likeness (QED) is 0.788. The van der Waals surface area contributed by atoms with E-state index in [2.05, 4.69) is 6.07 Å². The summed E-state index contributed by atoms with van der Waals surface area (Å²) in [5.41, 5.74) is 0.784. The molecule has 3 nitrogen and oxygen atoms in total. The van der Waals surface area contributed by atoms with Crippen LogP contribution in [0.3, 0.4) is 0 Å². The van der Waals surface area contributed by atoms with E-state index in [1.54, 1.807) is 0 Å². The molecule has 0 radical (unpaired) electrons. The first-order valence-electron chi connectivity index (χ1n) is 7.51. The Balaban J connectivity index is 1.84. The number of nitrogens with zero attached hydrogens (tertiary/aromatic N) is 2. The first kappa shape index (κ1) is 13.2. The van der Waals surface area contributed by atoms with Crippen LogP contribution in [0.2, 0.25) is 0 Å². The summed E-state index contributed by atoms with van der Waals surface area (Å²) in [5, 5.41) is 9.06. The SMILES string of the molecule is N#CCN(C(=O)C1(c2ccccc2)CC1)C1CCCC1. The number of amides is 1. The van der Waals surface area contributed by atoms with Gasteiger partial charge < -0.3 is 4.90 Å². The molecule has 2 aliphatic rings. The van der Waals surface area contributed by atoms with Crippen molar-refractivity contribution < 1.29 is 4.79 Å². The fourth-order valence-corrected chi connectivity index (χ4v) is 3.44. The van der Waals surface area contributed by atoms with Gasteiger partial charge in [0.05, 0.1) is 11.5 Å². The fraction of sp³-hybridized carbons (Fsp3) is 0.529. The van der Waals surface area contributed by atoms with Crippen molar-refractivity contribution >= 4 is 5.91 Å². The third-order valence-corrected chi connectivity index (χ3v) is 4.75. The second-order valence-electron chi connectivity index (χ2n) is 5.98. The van der Waals surface area contributed by atoms with Crippen LogP contribution in [-0.4, -0.2) is 23.4 Å². The summed E-state index contributed by atoms with van der Waals surface area (Å²) < 4.78 is 0. The maximum Gasteiger partial charge on any atom is 0.234 e. The molecule has 0 aromatic heterocycles. The lowest BCUT2D eigenvalue weighted by atomic mass is 9.93. The lowest BCUT2D eigenvalue weighted by Gasteiger charge is -2.30. The molecular weight excluding hydrogens is 248 g/mol. The molecule has 1 aromatic rings. The van der Waals surface area contributed by atoms with Gasteiger partial charge in [0.25, 0.3) is 0 Å². The third-order valence-electron chi connectivity index (χ3n) is 4.75. The van der Waals surface area contributed by atoms with Crippen LogP contribution in [0, 0.1) is 11.3 Å². The summed E-state index contributed by atoms with van der Waals surface area (Å²) in [6, 6.07) is 12.5. The molecule has 3 rings (SSSR count). The van der Waals surface area contributed by atoms with Crippen molar-refractivity contribution in [3.63, 3.8) is 0 Å². The lowest BCUT2D eigenvalue weighted by Crippen LogP contribution is -2.45. The predicted molar refractivity (Wildman–Crippen MR) is 76.9 cm³/mol. The normalized spacial score (nSPS) is 20.4. The molecule has 2 fully saturated rings. The van der Waals surface area contributed by atoms with Crippen molar-refractivity contribution in [3.05, 3.63) is 35.9 Å². The van der Waals surface area contributed by atoms with Gasteiger partial charge in [-0.05, 0) is 31.2 Å². The van der Waals surface area contributed by atoms with E-state index in [1.807, 2.05) is 35.2 Å². The number of nitriles is 1. The highest BCUT2D eigenvalue weighted by Gasteiger charge is 2.53. The molecule has 104 valence electrons. The van der Waals surface area contributed by atoms with Gasteiger partial charge in [-0.15, -0.1) is 0 Å². The first-order valence-corrected chi connectivity index (χ1v) is 7.51. The Morgan fingerprint density at radius 2 is 1.90 bits per heavy atom. The summed E-state index contributed by atoms with van der Waals surface area (Å²) >= 11 is 0. The largest absolute Gasteiger partial charge is 0.326 e. The van der Waals surface area contributed by atoms with E-state index in [1.165, 1.54) is 12.8 Å². The van der Waals surface area contributed by atoms with E-state index in [0.717, 1.165) is 31.2 Å². The molecule has 0 N–H and O–H groups in total. The molecule has 0 saturated heterocycles. The monoisotopic (exact) mass is 268 g/mol. The highest BCUT2D eigenvalue weighted by Crippen LogP contribution is 2.50. The molecule has 0 heterocycles. The van der Waals surface area contributed by atoms with E-state index < -0.39 is 0 Å². The Morgan fingerprint density at radius 3 is 2.45 bits per heavy atom. The molecule has 0 atom stereocenters. The number of benzene rings is 1. The van der Waals surface area contributed by atoms with Gasteiger partial charge in [0.15, 0.2) is 0 Å². The zero-order chi connectivity index (χ0) is 14.0. The summed E-state index contributed by atoms with van der Waals surface area (Å²) in [5.74, 6) is 0.178. The van der Waals surface area contributed by atoms with Crippen molar-refractivity contribution in [2.24, 2.45) is 0 Å². The van der Waals surface area contributed by atoms with Crippen LogP contribution in [0.15, 0.2) is 30.3 Å². The van der Waals surface area contributed by atoms with E-state index >= 15 is 0 Å². The number of hydrogen-bond donors (Lipinski definition) is 0. The molecule has 2 saturated carbocycles. The van der Waals surface area contributed by atoms with Crippen LogP contribution in [0.5, 0.6) is 0 Å². The van der Waals surface area contributed by atoms with Crippen LogP contribution in [0.25, 0.3) is 0 Å². The molecule has 3 heteroatoms. The number of carbonyl (C=O) groups is 1. The molecule has 0 aliphatic heterocycles. The number of rotatable bonds is 4. The minimum Gasteiger partial charge on any atom is -0.326 e. The van der Waals surface area contributed by atoms with Crippen molar-refractivity contribution in [3.8, 4) is 6.07 Å². The maximum atomic E-state index is 13.0. The molecule has 1 aromatic carbocycles. The fourth-order valence-electron chi connectivity index (χ4n) is 3.44. The Hall–Kier alpha value is -1.82. The second kappa shape index (κ2) is 5.28. The molecule has 2 aliphatic carbocycles. The standard InChI is InChI=1S/C17H20N2O/c18-12-13-19(15-8-4-5-9-15)16(20)17(10-11-17)14-6-2-1-3-7-14/h1-3,6-7,15H,4-5,8-11,13H2. The van der Waals surface area contributed by atoms with Gasteiger partial charge in [0.1, 0.15) is 6.54 Å². The molecule has 0 bridgehead atoms. The van der Waals surface area contributed by atoms with Crippen molar-refractivity contribution in [1.29, 1.82) is 5.26 Å². The minimum absolute atomic E-state index is 0.178. The van der Waals surface area contributed by atoms with Crippen LogP contribution < -0.4 is 0 Å². The highest BCUT2D eigenvalue weighted by molar-refractivity contribution is 5.91. The van der Waals surface area contributed by atoms with Crippen LogP contribution in [-0.2, 0) is 10.2 Å². The second-order valence-corrected chi connectivity index (χ2v) is 5.98. The topological polar surface area (TPSA) is 44.1 Å². The van der Waals surface area contributed by atoms with Gasteiger partial charge in [-0.1, -0.05) is 43.2 Å². The molecule has 0 spiro atoms. The summed E-state index contributed by atoms with van der Waals surface area (Å²) in [6.07, 6.45) is 6.31. The van der Waals surface area contributed by atoms with E-state index in [4.69, 9.17) is 5.26 Å². The molecule has 0 unspecified atom stereocenters. The average molecular weight is 268 g/mol. The highest BCUT2D eigenvalue weighted by atomic mass is 16.2. The molecular formula is C17H20N2O. The Labute approximate surface area is 120 Å². The zero-order valence-electron chi connectivity index (χ0n) is 11.7. The molecule has 1 amide bonds. The lowest BCUT2D eigenvalue weighted by molar-refractivity contribution is -0.135. The van der Waals surface area contributed by atoms with Crippen molar-refractivity contribution in [2.75, 3.05) is 6.54 Å². The predicted octanol–water partition coefficient (Wildman–Crippen LogP) is 3.01. The van der Waals surface area contributed by atoms with Crippen molar-refractivity contribution in [2.45, 2.75) is 50.0 Å². The average Bonchev–Trinajstić information content (AvgIpc) is 3.13. The summed E-state index contributed by atoms with van der Waals surface area (Å²) in [4.78, 5) is 14.8. The Bertz CT molecular complexity index is 522. The van der Waals surface area contributed by atoms with Gasteiger partial charge in [-0.2, -0.15) is 5.26 Å². The maximum absolute atomic E-state index is 13.0. The Kier molecular flexibility index (Phi) is 3.48. The van der Waals surface area contributed by atoms with Gasteiger partial charge in [0, 0.05) is 6.04 Å². The van der Waals surface area contributed by atoms with E-state index in [-0.39, 0.29) is 23.9 Å². The molecule has 20 heavy (non-hydrogen) atoms. The summed E-state index contributed by atoms with van der Waals surface area (Å²) in [6.45, 7) is 0.234. The Morgan fingerprint density at radius 1 is 1.25 bits per heavy atom. The summed E-state index contributed by atoms with van der Waals surface area (Å²) in [7, 11) is 0. The van der Waals surface area contributed by atoms with Crippen LogP contribution >= 0.6 is 0 Å². The van der Waals surface area contributed by atoms with Gasteiger partial charge in [0.2, 0.25) is 5.91 Å². The van der Waals surface area contributed by atoms with Gasteiger partial charge in [-0.25, -0.2) is 0 Å². The smallest absolute Gasteiger partial charge is 0.234 e. The van der Waals surface area contributed by atoms with Gasteiger partial charge in [-0.3, -0.25) is 4.79 Å². The first-order chi connectivity index (χ1) is 9.78. The zero-order valence-corrected chi connectivity index (χ0v) is 11.7. The van der Waals surface area contributed by atoms with E-state index in [0.29, 0.717) is 0 Å². The van der Waals surface area contributed by atoms with E-state index in [9.17, 15) is 4.79 Å². The van der Waals surface area contributed by atoms with Gasteiger partial charge >= 0.3 is 0 Å². The third kappa shape index (κ3) is 2.20. The number of carbonyl (C=O) groups excluding carboxylic acids is 1. The van der Waals surface area contributed by atoms with Crippen LogP contribution in [0.4, 0.5) is 0 Å². The van der Waals surface area contributed by atoms with Crippen LogP contribution in [0.1, 0.15) is 44.1 Å².